The topological polar surface area (TPSA) is 17.1 Å². The molecule has 344 valence electrons. The van der Waals surface area contributed by atoms with Gasteiger partial charge in [0, 0.05) is 6.42 Å². The van der Waals surface area contributed by atoms with E-state index in [0.29, 0.717) is 5.75 Å². The minimum absolute atomic E-state index is 0. The van der Waals surface area contributed by atoms with Crippen LogP contribution in [0.4, 0.5) is 0 Å². The van der Waals surface area contributed by atoms with Crippen LogP contribution in [0.5, 0.6) is 0 Å². The summed E-state index contributed by atoms with van der Waals surface area (Å²) in [5, 5.41) is 8.39. The summed E-state index contributed by atoms with van der Waals surface area (Å²) < 4.78 is 10.7. The van der Waals surface area contributed by atoms with Gasteiger partial charge >= 0.3 is 19.5 Å². The molecule has 0 bridgehead atoms. The van der Waals surface area contributed by atoms with Gasteiger partial charge in [-0.3, -0.25) is 4.21 Å². The molecule has 0 amide bonds. The zero-order chi connectivity index (χ0) is 45.0. The molecule has 65 heavy (non-hydrogen) atoms. The van der Waals surface area contributed by atoms with E-state index in [1.54, 1.807) is 0 Å². The molecule has 1 aliphatic carbocycles. The Kier molecular flexibility index (Phi) is 32.7. The van der Waals surface area contributed by atoms with Crippen molar-refractivity contribution in [3.05, 3.63) is 213 Å². The zero-order valence-electron chi connectivity index (χ0n) is 38.7. The summed E-state index contributed by atoms with van der Waals surface area (Å²) in [7, 11) is -1.89. The quantitative estimate of drug-likeness (QED) is 0.0209. The van der Waals surface area contributed by atoms with Gasteiger partial charge in [-0.25, -0.2) is 0 Å². The summed E-state index contributed by atoms with van der Waals surface area (Å²) in [6.07, 6.45) is 32.0. The molecule has 6 aromatic rings. The SMILES string of the molecule is CCCCCCCCCCCCCCCCCCS(=O)[S-].[CH]1C=CC=C1.[Ru+].c1ccc(P(c2ccccc2)c2ccccc2)cc1.c1ccc(P(c2ccccc2)c2ccccc2)cc1. The van der Waals surface area contributed by atoms with Crippen LogP contribution in [0, 0.1) is 6.42 Å². The molecule has 1 unspecified atom stereocenters. The summed E-state index contributed by atoms with van der Waals surface area (Å²) in [6, 6.07) is 64.7. The van der Waals surface area contributed by atoms with Crippen molar-refractivity contribution in [1.82, 2.24) is 0 Å². The Morgan fingerprint density at radius 2 is 0.554 bits per heavy atom. The van der Waals surface area contributed by atoms with Crippen molar-refractivity contribution in [3.63, 3.8) is 0 Å². The van der Waals surface area contributed by atoms with Gasteiger partial charge in [0.2, 0.25) is 0 Å². The molecule has 0 saturated carbocycles. The fraction of sp³-hybridized carbons (Fsp3) is 0.305. The maximum absolute atomic E-state index is 10.7. The normalized spacial score (nSPS) is 11.6. The predicted molar refractivity (Wildman–Crippen MR) is 293 cm³/mol. The molecule has 0 spiro atoms. The van der Waals surface area contributed by atoms with Crippen molar-refractivity contribution in [2.45, 2.75) is 110 Å². The smallest absolute Gasteiger partial charge is 0.683 e. The van der Waals surface area contributed by atoms with Gasteiger partial charge in [0.05, 0.1) is 0 Å². The number of allylic oxidation sites excluding steroid dienone is 4. The number of hydrogen-bond acceptors (Lipinski definition) is 2. The van der Waals surface area contributed by atoms with Crippen LogP contribution < -0.4 is 31.8 Å². The molecule has 0 fully saturated rings. The second-order valence-corrected chi connectivity index (χ2v) is 22.5. The fourth-order valence-corrected chi connectivity index (χ4v) is 12.8. The van der Waals surface area contributed by atoms with Crippen molar-refractivity contribution >= 4 is 69.2 Å². The second-order valence-electron chi connectivity index (χ2n) is 16.0. The molecular formula is C59H72OP2RuS2. The maximum Gasteiger partial charge on any atom is 1.00 e. The van der Waals surface area contributed by atoms with E-state index in [1.807, 2.05) is 30.7 Å². The van der Waals surface area contributed by atoms with E-state index >= 15 is 0 Å². The summed E-state index contributed by atoms with van der Waals surface area (Å²) in [4.78, 5) is 0. The Bertz CT molecular complexity index is 1750. The molecule has 6 aromatic carbocycles. The molecule has 7 rings (SSSR count). The van der Waals surface area contributed by atoms with E-state index in [-0.39, 0.29) is 19.5 Å². The van der Waals surface area contributed by atoms with Gasteiger partial charge in [-0.1, -0.05) is 310 Å². The minimum atomic E-state index is -1.000. The largest absolute Gasteiger partial charge is 1.00 e. The molecule has 2 radical (unpaired) electrons. The molecule has 0 aliphatic heterocycles. The first kappa shape index (κ1) is 56.1. The third-order valence-electron chi connectivity index (χ3n) is 10.8. The van der Waals surface area contributed by atoms with E-state index in [2.05, 4.69) is 201 Å². The molecule has 1 nitrogen and oxygen atoms in total. The Balaban J connectivity index is 0.000000243. The van der Waals surface area contributed by atoms with E-state index in [0.717, 1.165) is 6.42 Å². The third-order valence-corrected chi connectivity index (χ3v) is 16.8. The molecule has 0 heterocycles. The van der Waals surface area contributed by atoms with Crippen molar-refractivity contribution < 1.29 is 23.7 Å². The van der Waals surface area contributed by atoms with Crippen molar-refractivity contribution in [2.75, 3.05) is 5.75 Å². The number of benzene rings is 6. The first-order chi connectivity index (χ1) is 31.7. The summed E-state index contributed by atoms with van der Waals surface area (Å²) in [5.74, 6) is 0.716. The molecule has 0 aromatic heterocycles. The van der Waals surface area contributed by atoms with Gasteiger partial charge in [-0.15, -0.1) is 9.83 Å². The molecule has 6 heteroatoms. The van der Waals surface area contributed by atoms with Crippen LogP contribution in [-0.2, 0) is 41.0 Å². The Hall–Kier alpha value is -3.22. The zero-order valence-corrected chi connectivity index (χ0v) is 43.9. The number of unbranched alkanes of at least 4 members (excludes halogenated alkanes) is 15. The first-order valence-corrected chi connectivity index (χ1v) is 28.7. The van der Waals surface area contributed by atoms with E-state index in [1.165, 1.54) is 128 Å². The van der Waals surface area contributed by atoms with Crippen LogP contribution in [0.15, 0.2) is 206 Å². The van der Waals surface area contributed by atoms with Gasteiger partial charge in [-0.2, -0.15) is 0 Å². The average Bonchev–Trinajstić information content (AvgIpc) is 3.95. The molecular weight excluding hydrogens is 952 g/mol. The van der Waals surface area contributed by atoms with Gasteiger partial charge in [0.15, 0.2) is 0 Å². The van der Waals surface area contributed by atoms with E-state index in [9.17, 15) is 4.21 Å². The van der Waals surface area contributed by atoms with E-state index < -0.39 is 25.7 Å². The standard InChI is InChI=1S/C18H38OS2.2C18H15P.C5H5.Ru/c1-2-3-4-5-6-7-8-9-10-11-12-13-14-15-16-17-18-21(19)20;2*1-4-10-16(11-5-1)19(17-12-6-2-7-13-17)18-14-8-3-9-15-18;1-2-4-5-3-1;/h2-18H2,1H3,(H,19,20);2*1-15H;1-5H;/q;;;;+1/p-1. The van der Waals surface area contributed by atoms with Crippen LogP contribution in [0.2, 0.25) is 0 Å². The molecule has 1 atom stereocenters. The maximum atomic E-state index is 10.7. The first-order valence-electron chi connectivity index (χ1n) is 23.8. The fourth-order valence-electron chi connectivity index (χ4n) is 7.45. The van der Waals surface area contributed by atoms with Gasteiger partial charge in [0.1, 0.15) is 0 Å². The number of hydrogen-bond donors (Lipinski definition) is 0. The van der Waals surface area contributed by atoms with Gasteiger partial charge in [0.25, 0.3) is 0 Å². The second kappa shape index (κ2) is 37.8. The van der Waals surface area contributed by atoms with Crippen LogP contribution >= 0.6 is 15.8 Å². The van der Waals surface area contributed by atoms with Crippen LogP contribution in [0.1, 0.15) is 110 Å². The Labute approximate surface area is 418 Å². The van der Waals surface area contributed by atoms with Crippen molar-refractivity contribution in [3.8, 4) is 0 Å². The Morgan fingerprint density at radius 3 is 0.738 bits per heavy atom. The summed E-state index contributed by atoms with van der Waals surface area (Å²) >= 11 is 4.66. The molecule has 0 N–H and O–H groups in total. The van der Waals surface area contributed by atoms with E-state index in [4.69, 9.17) is 0 Å². The number of rotatable bonds is 23. The van der Waals surface area contributed by atoms with Crippen LogP contribution in [-0.4, -0.2) is 9.96 Å². The van der Waals surface area contributed by atoms with Crippen LogP contribution in [0.25, 0.3) is 0 Å². The van der Waals surface area contributed by atoms with Crippen molar-refractivity contribution in [2.24, 2.45) is 0 Å². The predicted octanol–water partition coefficient (Wildman–Crippen LogP) is 14.7. The summed E-state index contributed by atoms with van der Waals surface area (Å²) in [5.41, 5.74) is 0. The Morgan fingerprint density at radius 1 is 0.338 bits per heavy atom. The summed E-state index contributed by atoms with van der Waals surface area (Å²) in [6.45, 7) is 2.28. The molecule has 0 saturated heterocycles. The average molecular weight is 1020 g/mol. The van der Waals surface area contributed by atoms with Gasteiger partial charge in [-0.05, 0) is 59.8 Å². The third kappa shape index (κ3) is 24.9. The van der Waals surface area contributed by atoms with Gasteiger partial charge < -0.3 is 11.7 Å². The van der Waals surface area contributed by atoms with Crippen molar-refractivity contribution in [1.29, 1.82) is 0 Å². The van der Waals surface area contributed by atoms with Crippen LogP contribution in [0.3, 0.4) is 0 Å². The monoisotopic (exact) mass is 1020 g/mol. The minimum Gasteiger partial charge on any atom is -0.683 e. The molecule has 1 aliphatic rings.